The van der Waals surface area contributed by atoms with Crippen LogP contribution < -0.4 is 15.0 Å². The van der Waals surface area contributed by atoms with Crippen molar-refractivity contribution < 1.29 is 14.3 Å². The maximum atomic E-state index is 13.1. The normalized spacial score (nSPS) is 15.9. The third-order valence-electron chi connectivity index (χ3n) is 6.04. The Bertz CT molecular complexity index is 1320. The number of benzene rings is 3. The Morgan fingerprint density at radius 1 is 0.969 bits per heavy atom. The highest BCUT2D eigenvalue weighted by Gasteiger charge is 2.32. The second kappa shape index (κ2) is 7.89. The van der Waals surface area contributed by atoms with Crippen LogP contribution in [0.2, 0.25) is 0 Å². The summed E-state index contributed by atoms with van der Waals surface area (Å²) in [5.74, 6) is 0.145. The number of rotatable bonds is 4. The molecule has 0 fully saturated rings. The van der Waals surface area contributed by atoms with Gasteiger partial charge in [-0.2, -0.15) is 0 Å². The molecule has 32 heavy (non-hydrogen) atoms. The molecule has 0 saturated heterocycles. The predicted octanol–water partition coefficient (Wildman–Crippen LogP) is 4.16. The van der Waals surface area contributed by atoms with Gasteiger partial charge in [0.2, 0.25) is 5.91 Å². The lowest BCUT2D eigenvalue weighted by molar-refractivity contribution is -0.120. The van der Waals surface area contributed by atoms with Crippen LogP contribution >= 0.6 is 0 Å². The highest BCUT2D eigenvalue weighted by Crippen LogP contribution is 2.30. The Morgan fingerprint density at radius 2 is 1.78 bits per heavy atom. The fourth-order valence-corrected chi connectivity index (χ4v) is 4.30. The first kappa shape index (κ1) is 19.9. The molecule has 160 valence electrons. The number of carbonyl (C=O) groups excluding carboxylic acids is 2. The van der Waals surface area contributed by atoms with E-state index in [0.29, 0.717) is 23.4 Å². The molecular weight excluding hydrogens is 402 g/mol. The molecule has 3 aromatic carbocycles. The number of ether oxygens (including phenoxy) is 1. The summed E-state index contributed by atoms with van der Waals surface area (Å²) < 4.78 is 5.24. The summed E-state index contributed by atoms with van der Waals surface area (Å²) in [5.41, 5.74) is 5.33. The summed E-state index contributed by atoms with van der Waals surface area (Å²) in [4.78, 5) is 30.7. The molecule has 4 aromatic rings. The van der Waals surface area contributed by atoms with Crippen LogP contribution in [0.4, 0.5) is 5.69 Å². The summed E-state index contributed by atoms with van der Waals surface area (Å²) >= 11 is 0. The van der Waals surface area contributed by atoms with Crippen molar-refractivity contribution >= 4 is 28.4 Å². The van der Waals surface area contributed by atoms with E-state index in [1.165, 1.54) is 10.3 Å². The van der Waals surface area contributed by atoms with E-state index in [4.69, 9.17) is 4.74 Å². The lowest BCUT2D eigenvalue weighted by Gasteiger charge is -2.21. The number of aromatic amines is 1. The summed E-state index contributed by atoms with van der Waals surface area (Å²) in [6.07, 6.45) is 2.35. The first-order valence-electron chi connectivity index (χ1n) is 10.5. The third-order valence-corrected chi connectivity index (χ3v) is 6.04. The smallest absolute Gasteiger partial charge is 0.254 e. The van der Waals surface area contributed by atoms with Crippen molar-refractivity contribution in [1.29, 1.82) is 0 Å². The average molecular weight is 425 g/mol. The van der Waals surface area contributed by atoms with Crippen molar-refractivity contribution in [3.63, 3.8) is 0 Å². The molecule has 0 bridgehead atoms. The number of H-pyrrole nitrogens is 1. The molecule has 2 heterocycles. The van der Waals surface area contributed by atoms with E-state index in [9.17, 15) is 9.59 Å². The van der Waals surface area contributed by atoms with Crippen LogP contribution in [0.15, 0.2) is 72.9 Å². The Morgan fingerprint density at radius 3 is 2.56 bits per heavy atom. The second-order valence-corrected chi connectivity index (χ2v) is 7.95. The van der Waals surface area contributed by atoms with E-state index in [-0.39, 0.29) is 11.8 Å². The number of amides is 2. The number of anilines is 1. The van der Waals surface area contributed by atoms with Gasteiger partial charge in [-0.05, 0) is 47.0 Å². The minimum atomic E-state index is -0.648. The number of hydrogen-bond donors (Lipinski definition) is 2. The first-order valence-corrected chi connectivity index (χ1v) is 10.5. The van der Waals surface area contributed by atoms with Gasteiger partial charge in [-0.15, -0.1) is 0 Å². The van der Waals surface area contributed by atoms with Crippen LogP contribution in [-0.2, 0) is 11.2 Å². The Kier molecular flexibility index (Phi) is 4.90. The molecule has 0 saturated carbocycles. The van der Waals surface area contributed by atoms with Crippen molar-refractivity contribution in [1.82, 2.24) is 10.3 Å². The quantitative estimate of drug-likeness (QED) is 0.516. The van der Waals surface area contributed by atoms with Crippen LogP contribution in [0.3, 0.4) is 0 Å². The van der Waals surface area contributed by atoms with Gasteiger partial charge in [-0.1, -0.05) is 36.4 Å². The SMILES string of the molecule is COc1ccc2c(c1)C(=O)NC(Cc1ccc(-c3cccc4[nH]ccc34)cc1)C(=O)N2C. The Labute approximate surface area is 185 Å². The van der Waals surface area contributed by atoms with Crippen molar-refractivity contribution in [2.45, 2.75) is 12.5 Å². The topological polar surface area (TPSA) is 74.4 Å². The van der Waals surface area contributed by atoms with E-state index in [2.05, 4.69) is 40.6 Å². The maximum absolute atomic E-state index is 13.1. The van der Waals surface area contributed by atoms with Crippen molar-refractivity contribution in [3.8, 4) is 16.9 Å². The molecule has 1 aliphatic heterocycles. The fraction of sp³-hybridized carbons (Fsp3) is 0.154. The highest BCUT2D eigenvalue weighted by molar-refractivity contribution is 6.11. The molecule has 1 unspecified atom stereocenters. The number of carbonyl (C=O) groups is 2. The zero-order chi connectivity index (χ0) is 22.2. The van der Waals surface area contributed by atoms with Gasteiger partial charge >= 0.3 is 0 Å². The van der Waals surface area contributed by atoms with Crippen LogP contribution in [0, 0.1) is 0 Å². The van der Waals surface area contributed by atoms with Gasteiger partial charge in [-0.25, -0.2) is 0 Å². The van der Waals surface area contributed by atoms with Gasteiger partial charge in [-0.3, -0.25) is 9.59 Å². The van der Waals surface area contributed by atoms with Gasteiger partial charge in [0.05, 0.1) is 18.4 Å². The number of fused-ring (bicyclic) bond motifs is 2. The third kappa shape index (κ3) is 3.39. The zero-order valence-corrected chi connectivity index (χ0v) is 17.9. The van der Waals surface area contributed by atoms with E-state index in [1.807, 2.05) is 24.4 Å². The predicted molar refractivity (Wildman–Crippen MR) is 125 cm³/mol. The van der Waals surface area contributed by atoms with Crippen LogP contribution in [-0.4, -0.2) is 37.0 Å². The van der Waals surface area contributed by atoms with Gasteiger partial charge in [0.15, 0.2) is 0 Å². The monoisotopic (exact) mass is 425 g/mol. The molecule has 2 N–H and O–H groups in total. The van der Waals surface area contributed by atoms with Crippen molar-refractivity contribution in [3.05, 3.63) is 84.1 Å². The number of likely N-dealkylation sites (N-methyl/N-ethyl adjacent to an activating group) is 1. The molecule has 6 nitrogen and oxygen atoms in total. The number of hydrogen-bond acceptors (Lipinski definition) is 3. The van der Waals surface area contributed by atoms with Gasteiger partial charge in [0.1, 0.15) is 11.8 Å². The summed E-state index contributed by atoms with van der Waals surface area (Å²) in [6.45, 7) is 0. The lowest BCUT2D eigenvalue weighted by atomic mass is 9.98. The largest absolute Gasteiger partial charge is 0.497 e. The summed E-state index contributed by atoms with van der Waals surface area (Å²) in [5, 5.41) is 4.06. The Balaban J connectivity index is 1.40. The fourth-order valence-electron chi connectivity index (χ4n) is 4.30. The Hall–Kier alpha value is -4.06. The molecule has 0 radical (unpaired) electrons. The molecule has 0 aliphatic carbocycles. The molecule has 1 aromatic heterocycles. The molecule has 6 heteroatoms. The lowest BCUT2D eigenvalue weighted by Crippen LogP contribution is -2.45. The standard InChI is InChI=1S/C26H23N3O3/c1-29-24-11-10-18(32-2)15-21(24)25(30)28-23(26(29)31)14-16-6-8-17(9-7-16)19-4-3-5-22-20(19)12-13-27-22/h3-13,15,23,27H,14H2,1-2H3,(H,28,30). The van der Waals surface area contributed by atoms with Crippen LogP contribution in [0.5, 0.6) is 5.75 Å². The molecule has 5 rings (SSSR count). The molecular formula is C26H23N3O3. The van der Waals surface area contributed by atoms with Crippen molar-refractivity contribution in [2.24, 2.45) is 0 Å². The number of nitrogens with zero attached hydrogens (tertiary/aromatic N) is 1. The minimum absolute atomic E-state index is 0.150. The maximum Gasteiger partial charge on any atom is 0.254 e. The van der Waals surface area contributed by atoms with E-state index < -0.39 is 6.04 Å². The first-order chi connectivity index (χ1) is 15.5. The number of aromatic nitrogens is 1. The highest BCUT2D eigenvalue weighted by atomic mass is 16.5. The molecule has 1 atom stereocenters. The zero-order valence-electron chi connectivity index (χ0n) is 17.9. The molecule has 0 spiro atoms. The van der Waals surface area contributed by atoms with Gasteiger partial charge in [0, 0.05) is 30.6 Å². The molecule has 1 aliphatic rings. The number of nitrogens with one attached hydrogen (secondary N) is 2. The van der Waals surface area contributed by atoms with Crippen LogP contribution in [0.25, 0.3) is 22.0 Å². The van der Waals surface area contributed by atoms with E-state index >= 15 is 0 Å². The second-order valence-electron chi connectivity index (χ2n) is 7.95. The summed E-state index contributed by atoms with van der Waals surface area (Å²) in [6, 6.07) is 20.9. The average Bonchev–Trinajstić information content (AvgIpc) is 3.29. The van der Waals surface area contributed by atoms with Gasteiger partial charge in [0.25, 0.3) is 5.91 Å². The van der Waals surface area contributed by atoms with E-state index in [1.54, 1.807) is 32.4 Å². The van der Waals surface area contributed by atoms with Gasteiger partial charge < -0.3 is 19.9 Å². The van der Waals surface area contributed by atoms with E-state index in [0.717, 1.165) is 22.2 Å². The summed E-state index contributed by atoms with van der Waals surface area (Å²) in [7, 11) is 3.25. The minimum Gasteiger partial charge on any atom is -0.497 e. The van der Waals surface area contributed by atoms with Crippen molar-refractivity contribution in [2.75, 3.05) is 19.1 Å². The van der Waals surface area contributed by atoms with Crippen LogP contribution in [0.1, 0.15) is 15.9 Å². The number of methoxy groups -OCH3 is 1. The molecule has 2 amide bonds.